The zero-order chi connectivity index (χ0) is 15.3. The molecule has 20 heavy (non-hydrogen) atoms. The number of carbonyl (C=O) groups is 1. The molecule has 0 aliphatic carbocycles. The standard InChI is InChI=1S/C13H20N4O3/c1-5-16(9-12(18)15-13(2,3)4)11-7-6-10(8-14-11)17(19)20/h6-8H,5,9H2,1-4H3,(H,15,18). The molecular weight excluding hydrogens is 260 g/mol. The van der Waals surface area contributed by atoms with Gasteiger partial charge < -0.3 is 10.2 Å². The Hall–Kier alpha value is -2.18. The Morgan fingerprint density at radius 1 is 1.45 bits per heavy atom. The molecule has 0 aliphatic rings. The molecule has 1 heterocycles. The maximum absolute atomic E-state index is 11.9. The molecule has 1 rings (SSSR count). The fraction of sp³-hybridized carbons (Fsp3) is 0.538. The van der Waals surface area contributed by atoms with Crippen molar-refractivity contribution in [3.05, 3.63) is 28.4 Å². The molecule has 0 bridgehead atoms. The van der Waals surface area contributed by atoms with Crippen LogP contribution in [-0.2, 0) is 4.79 Å². The maximum atomic E-state index is 11.9. The van der Waals surface area contributed by atoms with E-state index in [0.29, 0.717) is 12.4 Å². The minimum atomic E-state index is -0.501. The molecule has 0 saturated heterocycles. The van der Waals surface area contributed by atoms with Gasteiger partial charge in [-0.25, -0.2) is 4.98 Å². The van der Waals surface area contributed by atoms with Crippen LogP contribution in [0, 0.1) is 10.1 Å². The lowest BCUT2D eigenvalue weighted by Gasteiger charge is -2.25. The number of nitrogens with zero attached hydrogens (tertiary/aromatic N) is 3. The van der Waals surface area contributed by atoms with Gasteiger partial charge in [0.05, 0.1) is 11.5 Å². The summed E-state index contributed by atoms with van der Waals surface area (Å²) >= 11 is 0. The number of likely N-dealkylation sites (N-methyl/N-ethyl adjacent to an activating group) is 1. The molecule has 0 unspecified atom stereocenters. The normalized spacial score (nSPS) is 11.0. The highest BCUT2D eigenvalue weighted by molar-refractivity contribution is 5.81. The summed E-state index contributed by atoms with van der Waals surface area (Å²) in [5, 5.41) is 13.4. The van der Waals surface area contributed by atoms with Crippen LogP contribution in [0.25, 0.3) is 0 Å². The zero-order valence-electron chi connectivity index (χ0n) is 12.2. The van der Waals surface area contributed by atoms with E-state index in [9.17, 15) is 14.9 Å². The maximum Gasteiger partial charge on any atom is 0.287 e. The Kier molecular flexibility index (Phi) is 5.01. The molecule has 0 saturated carbocycles. The molecule has 0 aromatic carbocycles. The molecule has 1 aromatic rings. The highest BCUT2D eigenvalue weighted by Gasteiger charge is 2.17. The molecule has 0 fully saturated rings. The van der Waals surface area contributed by atoms with Crippen LogP contribution in [0.1, 0.15) is 27.7 Å². The van der Waals surface area contributed by atoms with E-state index in [1.54, 1.807) is 11.0 Å². The van der Waals surface area contributed by atoms with E-state index in [0.717, 1.165) is 0 Å². The van der Waals surface area contributed by atoms with E-state index in [1.165, 1.54) is 12.3 Å². The van der Waals surface area contributed by atoms with Crippen molar-refractivity contribution in [2.75, 3.05) is 18.0 Å². The second-order valence-electron chi connectivity index (χ2n) is 5.44. The second-order valence-corrected chi connectivity index (χ2v) is 5.44. The van der Waals surface area contributed by atoms with Crippen molar-refractivity contribution in [2.45, 2.75) is 33.2 Å². The first-order chi connectivity index (χ1) is 9.23. The largest absolute Gasteiger partial charge is 0.350 e. The van der Waals surface area contributed by atoms with Crippen molar-refractivity contribution in [3.63, 3.8) is 0 Å². The molecule has 110 valence electrons. The van der Waals surface area contributed by atoms with Crippen LogP contribution in [0.15, 0.2) is 18.3 Å². The van der Waals surface area contributed by atoms with Crippen molar-refractivity contribution in [1.82, 2.24) is 10.3 Å². The Balaban J connectivity index is 2.75. The zero-order valence-corrected chi connectivity index (χ0v) is 12.2. The molecule has 7 heteroatoms. The molecule has 1 N–H and O–H groups in total. The van der Waals surface area contributed by atoms with Crippen molar-refractivity contribution in [1.29, 1.82) is 0 Å². The van der Waals surface area contributed by atoms with E-state index >= 15 is 0 Å². The molecule has 1 amide bonds. The molecule has 0 spiro atoms. The second kappa shape index (κ2) is 6.31. The van der Waals surface area contributed by atoms with Gasteiger partial charge in [0, 0.05) is 18.2 Å². The summed E-state index contributed by atoms with van der Waals surface area (Å²) in [7, 11) is 0. The highest BCUT2D eigenvalue weighted by Crippen LogP contribution is 2.15. The minimum Gasteiger partial charge on any atom is -0.350 e. The minimum absolute atomic E-state index is 0.0658. The van der Waals surface area contributed by atoms with E-state index in [-0.39, 0.29) is 23.7 Å². The first kappa shape index (κ1) is 15.9. The molecule has 0 aliphatic heterocycles. The number of nitro groups is 1. The average molecular weight is 280 g/mol. The Labute approximate surface area is 118 Å². The van der Waals surface area contributed by atoms with Gasteiger partial charge in [-0.1, -0.05) is 0 Å². The number of aromatic nitrogens is 1. The first-order valence-corrected chi connectivity index (χ1v) is 6.39. The SMILES string of the molecule is CCN(CC(=O)NC(C)(C)C)c1ccc([N+](=O)[O-])cn1. The van der Waals surface area contributed by atoms with Crippen molar-refractivity contribution < 1.29 is 9.72 Å². The molecule has 0 radical (unpaired) electrons. The first-order valence-electron chi connectivity index (χ1n) is 6.39. The van der Waals surface area contributed by atoms with Gasteiger partial charge in [-0.3, -0.25) is 14.9 Å². The fourth-order valence-electron chi connectivity index (χ4n) is 1.66. The van der Waals surface area contributed by atoms with Gasteiger partial charge in [0.15, 0.2) is 0 Å². The van der Waals surface area contributed by atoms with Crippen molar-refractivity contribution in [2.24, 2.45) is 0 Å². The van der Waals surface area contributed by atoms with Gasteiger partial charge in [-0.05, 0) is 33.8 Å². The summed E-state index contributed by atoms with van der Waals surface area (Å²) in [6, 6.07) is 2.93. The monoisotopic (exact) mass is 280 g/mol. The van der Waals surface area contributed by atoms with Crippen LogP contribution in [0.5, 0.6) is 0 Å². The molecule has 0 atom stereocenters. The van der Waals surface area contributed by atoms with Gasteiger partial charge in [-0.2, -0.15) is 0 Å². The van der Waals surface area contributed by atoms with E-state index in [2.05, 4.69) is 10.3 Å². The number of nitrogens with one attached hydrogen (secondary N) is 1. The number of hydrogen-bond acceptors (Lipinski definition) is 5. The van der Waals surface area contributed by atoms with Gasteiger partial charge >= 0.3 is 0 Å². The Morgan fingerprint density at radius 3 is 2.50 bits per heavy atom. The number of anilines is 1. The summed E-state index contributed by atoms with van der Waals surface area (Å²) in [6.45, 7) is 8.37. The van der Waals surface area contributed by atoms with E-state index < -0.39 is 4.92 Å². The van der Waals surface area contributed by atoms with Crippen LogP contribution in [0.2, 0.25) is 0 Å². The third-order valence-electron chi connectivity index (χ3n) is 2.50. The Morgan fingerprint density at radius 2 is 2.10 bits per heavy atom. The number of carbonyl (C=O) groups excluding carboxylic acids is 1. The molecular formula is C13H20N4O3. The third-order valence-corrected chi connectivity index (χ3v) is 2.50. The van der Waals surface area contributed by atoms with Gasteiger partial charge in [-0.15, -0.1) is 0 Å². The number of hydrogen-bond donors (Lipinski definition) is 1. The third kappa shape index (κ3) is 4.83. The van der Waals surface area contributed by atoms with Crippen LogP contribution in [-0.4, -0.2) is 34.4 Å². The van der Waals surface area contributed by atoms with E-state index in [1.807, 2.05) is 27.7 Å². The van der Waals surface area contributed by atoms with Crippen LogP contribution < -0.4 is 10.2 Å². The lowest BCUT2D eigenvalue weighted by molar-refractivity contribution is -0.385. The predicted octanol–water partition coefficient (Wildman–Crippen LogP) is 1.73. The van der Waals surface area contributed by atoms with E-state index in [4.69, 9.17) is 0 Å². The van der Waals surface area contributed by atoms with Crippen LogP contribution >= 0.6 is 0 Å². The molecule has 1 aromatic heterocycles. The smallest absolute Gasteiger partial charge is 0.287 e. The predicted molar refractivity (Wildman–Crippen MR) is 76.7 cm³/mol. The fourth-order valence-corrected chi connectivity index (χ4v) is 1.66. The topological polar surface area (TPSA) is 88.4 Å². The summed E-state index contributed by atoms with van der Waals surface area (Å²) in [5.41, 5.74) is -0.358. The summed E-state index contributed by atoms with van der Waals surface area (Å²) in [4.78, 5) is 27.7. The summed E-state index contributed by atoms with van der Waals surface area (Å²) in [5.74, 6) is 0.432. The lowest BCUT2D eigenvalue weighted by Crippen LogP contribution is -2.46. The summed E-state index contributed by atoms with van der Waals surface area (Å²) < 4.78 is 0. The van der Waals surface area contributed by atoms with Gasteiger partial charge in [0.25, 0.3) is 5.69 Å². The van der Waals surface area contributed by atoms with Gasteiger partial charge in [0.2, 0.25) is 5.91 Å². The Bertz CT molecular complexity index is 479. The lowest BCUT2D eigenvalue weighted by atomic mass is 10.1. The number of amides is 1. The van der Waals surface area contributed by atoms with Gasteiger partial charge in [0.1, 0.15) is 12.0 Å². The van der Waals surface area contributed by atoms with Crippen molar-refractivity contribution in [3.8, 4) is 0 Å². The van der Waals surface area contributed by atoms with Crippen LogP contribution in [0.4, 0.5) is 11.5 Å². The average Bonchev–Trinajstić information content (AvgIpc) is 2.34. The number of pyridine rings is 1. The number of rotatable bonds is 5. The van der Waals surface area contributed by atoms with Crippen LogP contribution in [0.3, 0.4) is 0 Å². The quantitative estimate of drug-likeness (QED) is 0.655. The summed E-state index contributed by atoms with van der Waals surface area (Å²) in [6.07, 6.45) is 1.19. The highest BCUT2D eigenvalue weighted by atomic mass is 16.6. The molecule has 7 nitrogen and oxygen atoms in total. The van der Waals surface area contributed by atoms with Crippen molar-refractivity contribution >= 4 is 17.4 Å².